The van der Waals surface area contributed by atoms with E-state index in [0.29, 0.717) is 17.8 Å². The van der Waals surface area contributed by atoms with Gasteiger partial charge in [-0.25, -0.2) is 4.39 Å². The van der Waals surface area contributed by atoms with Gasteiger partial charge in [0.25, 0.3) is 0 Å². The maximum atomic E-state index is 12.8. The van der Waals surface area contributed by atoms with E-state index in [1.807, 2.05) is 6.07 Å². The molecule has 1 unspecified atom stereocenters. The third kappa shape index (κ3) is 2.44. The zero-order valence-electron chi connectivity index (χ0n) is 7.34. The van der Waals surface area contributed by atoms with Crippen LogP contribution in [0.2, 0.25) is 0 Å². The highest BCUT2D eigenvalue weighted by atomic mass is 19.1. The number of hydrogen-bond donors (Lipinski definition) is 2. The smallest absolute Gasteiger partial charge is 0.139 e. The van der Waals surface area contributed by atoms with Gasteiger partial charge >= 0.3 is 0 Å². The number of nitrogens with one attached hydrogen (secondary N) is 2. The Morgan fingerprint density at radius 3 is 3.23 bits per heavy atom. The molecule has 2 N–H and O–H groups in total. The Kier molecular flexibility index (Phi) is 3.26. The minimum Gasteiger partial charge on any atom is -0.366 e. The second kappa shape index (κ2) is 4.45. The summed E-state index contributed by atoms with van der Waals surface area (Å²) in [7, 11) is 0. The highest BCUT2D eigenvalue weighted by Crippen LogP contribution is 2.09. The number of H-pyrrole nitrogens is 1. The molecule has 0 aliphatic rings. The van der Waals surface area contributed by atoms with Crippen LogP contribution in [0.1, 0.15) is 18.9 Å². The molecule has 5 heteroatoms. The van der Waals surface area contributed by atoms with Crippen molar-refractivity contribution in [3.8, 4) is 6.07 Å². The lowest BCUT2D eigenvalue weighted by atomic mass is 10.3. The molecular weight excluding hydrogens is 171 g/mol. The number of aromatic amines is 1. The fourth-order valence-corrected chi connectivity index (χ4v) is 0.863. The molecule has 0 aromatic carbocycles. The number of nitriles is 1. The second-order valence-electron chi connectivity index (χ2n) is 2.66. The maximum absolute atomic E-state index is 12.8. The van der Waals surface area contributed by atoms with E-state index >= 15 is 0 Å². The van der Waals surface area contributed by atoms with Crippen LogP contribution in [0, 0.1) is 11.3 Å². The Labute approximate surface area is 75.8 Å². The molecule has 1 aromatic rings. The highest BCUT2D eigenvalue weighted by Gasteiger charge is 2.06. The monoisotopic (exact) mass is 182 g/mol. The minimum absolute atomic E-state index is 0.202. The third-order valence-electron chi connectivity index (χ3n) is 1.70. The first kappa shape index (κ1) is 9.52. The van der Waals surface area contributed by atoms with Gasteiger partial charge in [0, 0.05) is 6.54 Å². The predicted molar refractivity (Wildman–Crippen MR) is 47.0 cm³/mol. The molecule has 1 rings (SSSR count). The van der Waals surface area contributed by atoms with E-state index in [2.05, 4.69) is 15.5 Å². The van der Waals surface area contributed by atoms with Crippen LogP contribution < -0.4 is 5.32 Å². The lowest BCUT2D eigenvalue weighted by molar-refractivity contribution is 0.340. The van der Waals surface area contributed by atoms with Crippen LogP contribution in [-0.4, -0.2) is 22.9 Å². The van der Waals surface area contributed by atoms with Crippen molar-refractivity contribution in [2.24, 2.45) is 0 Å². The van der Waals surface area contributed by atoms with Crippen LogP contribution in [0.3, 0.4) is 0 Å². The largest absolute Gasteiger partial charge is 0.366 e. The van der Waals surface area contributed by atoms with Crippen molar-refractivity contribution in [3.63, 3.8) is 0 Å². The van der Waals surface area contributed by atoms with Crippen molar-refractivity contribution < 1.29 is 4.39 Å². The van der Waals surface area contributed by atoms with Crippen molar-refractivity contribution in [1.29, 1.82) is 5.26 Å². The summed E-state index contributed by atoms with van der Waals surface area (Å²) in [6, 6.07) is 1.94. The van der Waals surface area contributed by atoms with E-state index in [9.17, 15) is 4.39 Å². The summed E-state index contributed by atoms with van der Waals surface area (Å²) >= 11 is 0. The van der Waals surface area contributed by atoms with E-state index in [1.54, 1.807) is 6.92 Å². The number of alkyl halides is 1. The van der Waals surface area contributed by atoms with Crippen molar-refractivity contribution >= 4 is 5.82 Å². The lowest BCUT2D eigenvalue weighted by Crippen LogP contribution is -2.14. The van der Waals surface area contributed by atoms with Crippen LogP contribution in [0.25, 0.3) is 0 Å². The zero-order valence-corrected chi connectivity index (χ0v) is 7.34. The summed E-state index contributed by atoms with van der Waals surface area (Å²) in [4.78, 5) is 0. The Bertz CT molecular complexity index is 301. The average molecular weight is 182 g/mol. The summed E-state index contributed by atoms with van der Waals surface area (Å²) in [5, 5.41) is 17.6. The van der Waals surface area contributed by atoms with Gasteiger partial charge in [0.2, 0.25) is 0 Å². The molecule has 4 nitrogen and oxygen atoms in total. The molecule has 0 saturated carbocycles. The number of aromatic nitrogens is 2. The van der Waals surface area contributed by atoms with Crippen molar-refractivity contribution in [3.05, 3.63) is 11.8 Å². The van der Waals surface area contributed by atoms with E-state index in [1.165, 1.54) is 6.20 Å². The van der Waals surface area contributed by atoms with Gasteiger partial charge in [0.1, 0.15) is 23.6 Å². The number of halogens is 1. The Hall–Kier alpha value is -1.57. The third-order valence-corrected chi connectivity index (χ3v) is 1.70. The summed E-state index contributed by atoms with van der Waals surface area (Å²) in [6.07, 6.45) is 0.972. The van der Waals surface area contributed by atoms with Crippen LogP contribution in [-0.2, 0) is 0 Å². The highest BCUT2D eigenvalue weighted by molar-refractivity contribution is 5.50. The first-order valence-electron chi connectivity index (χ1n) is 4.09. The van der Waals surface area contributed by atoms with Gasteiger partial charge in [-0.15, -0.1) is 0 Å². The van der Waals surface area contributed by atoms with E-state index in [-0.39, 0.29) is 6.54 Å². The molecule has 0 bridgehead atoms. The average Bonchev–Trinajstić information content (AvgIpc) is 2.61. The molecule has 0 aliphatic heterocycles. The van der Waals surface area contributed by atoms with Crippen molar-refractivity contribution in [1.82, 2.24) is 10.2 Å². The Balaban J connectivity index is 2.50. The van der Waals surface area contributed by atoms with Crippen LogP contribution >= 0.6 is 0 Å². The Morgan fingerprint density at radius 1 is 1.85 bits per heavy atom. The molecule has 1 aromatic heterocycles. The molecule has 1 atom stereocenters. The zero-order chi connectivity index (χ0) is 9.68. The predicted octanol–water partition coefficient (Wildman–Crippen LogP) is 1.44. The van der Waals surface area contributed by atoms with Gasteiger partial charge in [0.05, 0.1) is 6.20 Å². The van der Waals surface area contributed by atoms with Crippen molar-refractivity contribution in [2.75, 3.05) is 11.9 Å². The molecule has 1 heterocycles. The van der Waals surface area contributed by atoms with Crippen LogP contribution in [0.4, 0.5) is 10.2 Å². The van der Waals surface area contributed by atoms with Gasteiger partial charge in [-0.05, 0) is 6.42 Å². The first-order chi connectivity index (χ1) is 6.27. The fraction of sp³-hybridized carbons (Fsp3) is 0.500. The van der Waals surface area contributed by atoms with Crippen molar-refractivity contribution in [2.45, 2.75) is 19.5 Å². The SMILES string of the molecule is CCC(F)CNc1[nH]ncc1C#N. The number of anilines is 1. The molecule has 13 heavy (non-hydrogen) atoms. The molecular formula is C8H11FN4. The maximum Gasteiger partial charge on any atom is 0.139 e. The molecule has 0 spiro atoms. The van der Waals surface area contributed by atoms with Gasteiger partial charge < -0.3 is 5.32 Å². The topological polar surface area (TPSA) is 64.5 Å². The lowest BCUT2D eigenvalue weighted by Gasteiger charge is -2.06. The van der Waals surface area contributed by atoms with Crippen LogP contribution in [0.15, 0.2) is 6.20 Å². The van der Waals surface area contributed by atoms with Crippen LogP contribution in [0.5, 0.6) is 0 Å². The number of hydrogen-bond acceptors (Lipinski definition) is 3. The van der Waals surface area contributed by atoms with Gasteiger partial charge in [-0.2, -0.15) is 10.4 Å². The molecule has 0 aliphatic carbocycles. The normalized spacial score (nSPS) is 12.1. The minimum atomic E-state index is -0.894. The second-order valence-corrected chi connectivity index (χ2v) is 2.66. The molecule has 0 fully saturated rings. The fourth-order valence-electron chi connectivity index (χ4n) is 0.863. The molecule has 0 radical (unpaired) electrons. The quantitative estimate of drug-likeness (QED) is 0.740. The first-order valence-corrected chi connectivity index (χ1v) is 4.09. The van der Waals surface area contributed by atoms with Gasteiger partial charge in [-0.3, -0.25) is 5.10 Å². The van der Waals surface area contributed by atoms with E-state index in [4.69, 9.17) is 5.26 Å². The summed E-state index contributed by atoms with van der Waals surface area (Å²) in [6.45, 7) is 1.97. The summed E-state index contributed by atoms with van der Waals surface area (Å²) in [5.41, 5.74) is 0.406. The van der Waals surface area contributed by atoms with Gasteiger partial charge in [0.15, 0.2) is 0 Å². The molecule has 0 saturated heterocycles. The van der Waals surface area contributed by atoms with E-state index in [0.717, 1.165) is 0 Å². The summed E-state index contributed by atoms with van der Waals surface area (Å²) in [5.74, 6) is 0.485. The van der Waals surface area contributed by atoms with Gasteiger partial charge in [-0.1, -0.05) is 6.92 Å². The molecule has 0 amide bonds. The standard InChI is InChI=1S/C8H11FN4/c1-2-7(9)5-11-8-6(3-10)4-12-13-8/h4,7H,2,5H2,1H3,(H2,11,12,13). The number of rotatable bonds is 4. The number of nitrogens with zero attached hydrogens (tertiary/aromatic N) is 2. The summed E-state index contributed by atoms with van der Waals surface area (Å²) < 4.78 is 12.8. The Morgan fingerprint density at radius 2 is 2.62 bits per heavy atom. The van der Waals surface area contributed by atoms with E-state index < -0.39 is 6.17 Å². The molecule has 70 valence electrons.